The van der Waals surface area contributed by atoms with Gasteiger partial charge in [0.25, 0.3) is 0 Å². The molecular weight excluding hydrogens is 258 g/mol. The van der Waals surface area contributed by atoms with Crippen molar-refractivity contribution < 1.29 is 13.2 Å². The summed E-state index contributed by atoms with van der Waals surface area (Å²) in [6.07, 6.45) is 0. The van der Waals surface area contributed by atoms with Crippen LogP contribution >= 0.6 is 12.2 Å². The van der Waals surface area contributed by atoms with Crippen molar-refractivity contribution in [3.63, 3.8) is 0 Å². The molecule has 0 heterocycles. The Hall–Kier alpha value is -1.14. The maximum Gasteiger partial charge on any atom is 0.153 e. The molecule has 4 nitrogen and oxygen atoms in total. The molecule has 0 amide bonds. The van der Waals surface area contributed by atoms with Gasteiger partial charge in [-0.15, -0.1) is 0 Å². The van der Waals surface area contributed by atoms with E-state index in [4.69, 9.17) is 22.7 Å². The van der Waals surface area contributed by atoms with Gasteiger partial charge in [0.2, 0.25) is 0 Å². The number of rotatable bonds is 6. The Kier molecular flexibility index (Phi) is 4.89. The minimum absolute atomic E-state index is 0.00479. The molecule has 0 aromatic heterocycles. The summed E-state index contributed by atoms with van der Waals surface area (Å²) >= 11 is 4.88. The van der Waals surface area contributed by atoms with Gasteiger partial charge in [0, 0.05) is 5.75 Å². The van der Waals surface area contributed by atoms with Crippen molar-refractivity contribution in [1.29, 1.82) is 0 Å². The zero-order valence-corrected chi connectivity index (χ0v) is 11.2. The number of sulfone groups is 1. The lowest BCUT2D eigenvalue weighted by Crippen LogP contribution is -2.17. The molecule has 0 atom stereocenters. The number of hydrogen-bond acceptors (Lipinski definition) is 4. The Labute approximate surface area is 107 Å². The molecule has 0 saturated carbocycles. The third kappa shape index (κ3) is 4.32. The van der Waals surface area contributed by atoms with Crippen LogP contribution in [0.15, 0.2) is 24.3 Å². The van der Waals surface area contributed by atoms with Gasteiger partial charge in [0.05, 0.1) is 11.3 Å². The molecule has 0 saturated heterocycles. The van der Waals surface area contributed by atoms with E-state index in [-0.39, 0.29) is 23.1 Å². The predicted molar refractivity (Wildman–Crippen MR) is 72.2 cm³/mol. The zero-order valence-electron chi connectivity index (χ0n) is 9.55. The second-order valence-electron chi connectivity index (χ2n) is 3.45. The summed E-state index contributed by atoms with van der Waals surface area (Å²) in [4.78, 5) is 0.235. The van der Waals surface area contributed by atoms with Crippen LogP contribution in [0.1, 0.15) is 12.5 Å². The summed E-state index contributed by atoms with van der Waals surface area (Å²) in [6, 6.07) is 7.04. The largest absolute Gasteiger partial charge is 0.492 e. The molecule has 1 aromatic carbocycles. The molecule has 0 radical (unpaired) electrons. The third-order valence-corrected chi connectivity index (χ3v) is 4.13. The summed E-state index contributed by atoms with van der Waals surface area (Å²) < 4.78 is 27.9. The van der Waals surface area contributed by atoms with Crippen LogP contribution < -0.4 is 10.5 Å². The average molecular weight is 273 g/mol. The van der Waals surface area contributed by atoms with E-state index in [1.807, 2.05) is 0 Å². The molecule has 1 aromatic rings. The lowest BCUT2D eigenvalue weighted by Gasteiger charge is -2.10. The zero-order chi connectivity index (χ0) is 12.9. The van der Waals surface area contributed by atoms with Crippen molar-refractivity contribution >= 4 is 27.0 Å². The highest BCUT2D eigenvalue weighted by Crippen LogP contribution is 2.17. The number of thiocarbonyl (C=S) groups is 1. The number of benzene rings is 1. The van der Waals surface area contributed by atoms with E-state index >= 15 is 0 Å². The molecule has 0 fully saturated rings. The highest BCUT2D eigenvalue weighted by molar-refractivity contribution is 7.91. The van der Waals surface area contributed by atoms with Crippen LogP contribution in [0.5, 0.6) is 5.75 Å². The highest BCUT2D eigenvalue weighted by Gasteiger charge is 2.09. The Morgan fingerprint density at radius 2 is 2.06 bits per heavy atom. The van der Waals surface area contributed by atoms with E-state index in [0.717, 1.165) is 0 Å². The quantitative estimate of drug-likeness (QED) is 0.787. The second kappa shape index (κ2) is 5.97. The monoisotopic (exact) mass is 273 g/mol. The molecule has 6 heteroatoms. The number of nitrogens with two attached hydrogens (primary N) is 1. The first-order chi connectivity index (χ1) is 7.96. The van der Waals surface area contributed by atoms with Gasteiger partial charge in [-0.05, 0) is 12.1 Å². The molecule has 0 aliphatic rings. The van der Waals surface area contributed by atoms with Gasteiger partial charge in [-0.2, -0.15) is 0 Å². The highest BCUT2D eigenvalue weighted by atomic mass is 32.2. The minimum Gasteiger partial charge on any atom is -0.492 e. The van der Waals surface area contributed by atoms with Crippen LogP contribution in [0.25, 0.3) is 0 Å². The fraction of sp³-hybridized carbons (Fsp3) is 0.364. The maximum absolute atomic E-state index is 11.3. The molecule has 94 valence electrons. The molecule has 17 heavy (non-hydrogen) atoms. The van der Waals surface area contributed by atoms with Gasteiger partial charge in [0.1, 0.15) is 17.3 Å². The maximum atomic E-state index is 11.3. The first-order valence-corrected chi connectivity index (χ1v) is 7.41. The molecule has 0 spiro atoms. The smallest absolute Gasteiger partial charge is 0.153 e. The lowest BCUT2D eigenvalue weighted by molar-refractivity contribution is 0.340. The van der Waals surface area contributed by atoms with Gasteiger partial charge in [-0.3, -0.25) is 0 Å². The topological polar surface area (TPSA) is 69.4 Å². The Morgan fingerprint density at radius 3 is 2.65 bits per heavy atom. The second-order valence-corrected chi connectivity index (χ2v) is 6.36. The minimum atomic E-state index is -3.01. The van der Waals surface area contributed by atoms with Crippen LogP contribution in [0.3, 0.4) is 0 Å². The third-order valence-electron chi connectivity index (χ3n) is 2.24. The van der Waals surface area contributed by atoms with Crippen molar-refractivity contribution in [3.05, 3.63) is 29.8 Å². The summed E-state index contributed by atoms with van der Waals surface area (Å²) in [5.41, 5.74) is 6.15. The van der Waals surface area contributed by atoms with Crippen molar-refractivity contribution in [1.82, 2.24) is 0 Å². The van der Waals surface area contributed by atoms with Crippen LogP contribution in [0.4, 0.5) is 0 Å². The Morgan fingerprint density at radius 1 is 1.41 bits per heavy atom. The van der Waals surface area contributed by atoms with Crippen molar-refractivity contribution in [2.24, 2.45) is 5.73 Å². The van der Waals surface area contributed by atoms with Crippen LogP contribution in [-0.2, 0) is 9.84 Å². The summed E-state index contributed by atoms with van der Waals surface area (Å²) in [5, 5.41) is 0. The Balaban J connectivity index is 2.67. The van der Waals surface area contributed by atoms with Crippen molar-refractivity contribution in [2.45, 2.75) is 6.92 Å². The first kappa shape index (κ1) is 13.9. The molecule has 0 bridgehead atoms. The van der Waals surface area contributed by atoms with Crippen molar-refractivity contribution in [2.75, 3.05) is 18.1 Å². The molecule has 0 aliphatic heterocycles. The van der Waals surface area contributed by atoms with Gasteiger partial charge in [0.15, 0.2) is 9.84 Å². The van der Waals surface area contributed by atoms with E-state index in [1.165, 1.54) is 0 Å². The fourth-order valence-electron chi connectivity index (χ4n) is 1.22. The molecular formula is C11H15NO3S2. The van der Waals surface area contributed by atoms with E-state index in [1.54, 1.807) is 31.2 Å². The van der Waals surface area contributed by atoms with Crippen molar-refractivity contribution in [3.8, 4) is 5.75 Å². The van der Waals surface area contributed by atoms with E-state index in [2.05, 4.69) is 0 Å². The van der Waals surface area contributed by atoms with Gasteiger partial charge in [-0.1, -0.05) is 31.3 Å². The Bertz CT molecular complexity index is 497. The molecule has 1 rings (SSSR count). The SMILES string of the molecule is CCS(=O)(=O)CCOc1ccccc1C(N)=S. The normalized spacial score (nSPS) is 11.1. The van der Waals surface area contributed by atoms with E-state index < -0.39 is 9.84 Å². The van der Waals surface area contributed by atoms with E-state index in [0.29, 0.717) is 11.3 Å². The number of hydrogen-bond donors (Lipinski definition) is 1. The molecule has 0 unspecified atom stereocenters. The summed E-state index contributed by atoms with van der Waals surface area (Å²) in [5.74, 6) is 0.633. The van der Waals surface area contributed by atoms with Crippen LogP contribution in [0.2, 0.25) is 0 Å². The average Bonchev–Trinajstić information content (AvgIpc) is 2.29. The lowest BCUT2D eigenvalue weighted by atomic mass is 10.2. The predicted octanol–water partition coefficient (Wildman–Crippen LogP) is 1.13. The molecule has 0 aliphatic carbocycles. The summed E-state index contributed by atoms with van der Waals surface area (Å²) in [7, 11) is -3.01. The van der Waals surface area contributed by atoms with Gasteiger partial charge >= 0.3 is 0 Å². The number of para-hydroxylation sites is 1. The van der Waals surface area contributed by atoms with Gasteiger partial charge < -0.3 is 10.5 Å². The first-order valence-electron chi connectivity index (χ1n) is 5.18. The molecule has 2 N–H and O–H groups in total. The standard InChI is InChI=1S/C11H15NO3S2/c1-2-17(13,14)8-7-15-10-6-4-3-5-9(10)11(12)16/h3-6H,2,7-8H2,1H3,(H2,12,16). The van der Waals surface area contributed by atoms with Crippen LogP contribution in [0, 0.1) is 0 Å². The fourth-order valence-corrected chi connectivity index (χ4v) is 2.01. The summed E-state index contributed by atoms with van der Waals surface area (Å²) in [6.45, 7) is 1.72. The number of ether oxygens (including phenoxy) is 1. The van der Waals surface area contributed by atoms with Crippen LogP contribution in [-0.4, -0.2) is 31.5 Å². The van der Waals surface area contributed by atoms with E-state index in [9.17, 15) is 8.42 Å². The van der Waals surface area contributed by atoms with Gasteiger partial charge in [-0.25, -0.2) is 8.42 Å².